The number of aromatic nitrogens is 4. The first-order chi connectivity index (χ1) is 27.6. The highest BCUT2D eigenvalue weighted by Crippen LogP contribution is 2.24. The zero-order chi connectivity index (χ0) is 40.5. The lowest BCUT2D eigenvalue weighted by molar-refractivity contribution is 0.0470. The molecule has 4 heterocycles. The van der Waals surface area contributed by atoms with Crippen molar-refractivity contribution in [3.8, 4) is 17.6 Å². The third kappa shape index (κ3) is 9.21. The van der Waals surface area contributed by atoms with Gasteiger partial charge in [0.1, 0.15) is 45.0 Å². The number of hydrogen-bond acceptors (Lipinski definition) is 11. The van der Waals surface area contributed by atoms with Crippen LogP contribution in [0, 0.1) is 11.8 Å². The average molecular weight is 805 g/mol. The number of carbonyl (C=O) groups is 2. The number of hydrogen-bond donors (Lipinski definition) is 0. The molecule has 0 N–H and O–H groups in total. The number of fused-ring (bicyclic) bond motifs is 2. The molecule has 0 aliphatic rings. The van der Waals surface area contributed by atoms with Gasteiger partial charge in [-0.05, 0) is 42.3 Å². The van der Waals surface area contributed by atoms with Gasteiger partial charge in [-0.25, -0.2) is 23.7 Å². The summed E-state index contributed by atoms with van der Waals surface area (Å²) in [5.41, 5.74) is -0.0890. The Morgan fingerprint density at radius 3 is 1.54 bits per heavy atom. The Balaban J connectivity index is 0.000000196. The molecule has 7 aromatic rings. The molecule has 0 unspecified atom stereocenters. The van der Waals surface area contributed by atoms with E-state index in [-0.39, 0.29) is 42.7 Å². The van der Waals surface area contributed by atoms with Crippen LogP contribution in [0.2, 0.25) is 0 Å². The lowest BCUT2D eigenvalue weighted by Gasteiger charge is -2.09. The summed E-state index contributed by atoms with van der Waals surface area (Å²) in [6.07, 6.45) is 0. The van der Waals surface area contributed by atoms with Crippen LogP contribution in [-0.4, -0.2) is 36.8 Å². The maximum Gasteiger partial charge on any atom is 0.348 e. The number of ether oxygens (including phenoxy) is 3. The van der Waals surface area contributed by atoms with E-state index in [1.165, 1.54) is 21.3 Å². The van der Waals surface area contributed by atoms with Crippen molar-refractivity contribution in [2.24, 2.45) is 14.1 Å². The summed E-state index contributed by atoms with van der Waals surface area (Å²) in [4.78, 5) is 76.7. The van der Waals surface area contributed by atoms with Crippen LogP contribution in [0.25, 0.3) is 20.4 Å². The van der Waals surface area contributed by atoms with Crippen LogP contribution in [-0.2, 0) is 49.9 Å². The average Bonchev–Trinajstić information content (AvgIpc) is 3.90. The van der Waals surface area contributed by atoms with Crippen molar-refractivity contribution >= 4 is 55.0 Å². The lowest BCUT2D eigenvalue weighted by atomic mass is 10.2. The number of para-hydroxylation sites is 1. The number of nitrogens with zero attached hydrogens (tertiary/aromatic N) is 4. The molecule has 7 rings (SSSR count). The Morgan fingerprint density at radius 2 is 1.07 bits per heavy atom. The first kappa shape index (κ1) is 39.9. The Hall–Kier alpha value is -6.76. The summed E-state index contributed by atoms with van der Waals surface area (Å²) >= 11 is 2.14. The van der Waals surface area contributed by atoms with Crippen LogP contribution in [0.1, 0.15) is 37.4 Å². The third-order valence-electron chi connectivity index (χ3n) is 8.59. The Kier molecular flexibility index (Phi) is 12.8. The van der Waals surface area contributed by atoms with Crippen LogP contribution >= 0.6 is 22.7 Å². The first-order valence-corrected chi connectivity index (χ1v) is 19.2. The summed E-state index contributed by atoms with van der Waals surface area (Å²) in [6, 6.07) is 30.8. The maximum atomic E-state index is 12.9. The SMILES string of the molecule is CC#CCn1c(=O)c2cc(C(=O)OCc3ccccc3)sc2n(C)c1=O.Cn1c(=O)n(CCOc2ccccc2)c(=O)c2cc(C(=O)OCc3ccccc3)sc21. The van der Waals surface area contributed by atoms with E-state index in [9.17, 15) is 28.8 Å². The summed E-state index contributed by atoms with van der Waals surface area (Å²) in [7, 11) is 3.14. The molecule has 0 spiro atoms. The molecule has 0 saturated heterocycles. The van der Waals surface area contributed by atoms with Crippen molar-refractivity contribution in [1.29, 1.82) is 0 Å². The molecule has 13 nitrogen and oxygen atoms in total. The molecule has 0 atom stereocenters. The minimum atomic E-state index is -0.532. The molecule has 0 saturated carbocycles. The van der Waals surface area contributed by atoms with E-state index >= 15 is 0 Å². The molecule has 0 radical (unpaired) electrons. The molecular formula is C42H36N4O9S2. The lowest BCUT2D eigenvalue weighted by Crippen LogP contribution is -2.39. The van der Waals surface area contributed by atoms with Gasteiger partial charge in [-0.15, -0.1) is 28.6 Å². The molecule has 15 heteroatoms. The van der Waals surface area contributed by atoms with Crippen molar-refractivity contribution in [3.05, 3.63) is 166 Å². The fourth-order valence-corrected chi connectivity index (χ4v) is 7.62. The van der Waals surface area contributed by atoms with Crippen LogP contribution in [0.3, 0.4) is 0 Å². The van der Waals surface area contributed by atoms with Gasteiger partial charge in [0.05, 0.1) is 23.9 Å². The fourth-order valence-electron chi connectivity index (χ4n) is 5.62. The monoisotopic (exact) mass is 804 g/mol. The van der Waals surface area contributed by atoms with Crippen molar-refractivity contribution in [2.75, 3.05) is 6.61 Å². The maximum absolute atomic E-state index is 12.9. The number of aryl methyl sites for hydroxylation is 2. The Morgan fingerprint density at radius 1 is 0.632 bits per heavy atom. The summed E-state index contributed by atoms with van der Waals surface area (Å²) in [6.45, 7) is 2.19. The van der Waals surface area contributed by atoms with Crippen molar-refractivity contribution in [1.82, 2.24) is 18.3 Å². The van der Waals surface area contributed by atoms with E-state index in [0.717, 1.165) is 42.9 Å². The molecule has 4 aromatic heterocycles. The van der Waals surface area contributed by atoms with Gasteiger partial charge in [0.15, 0.2) is 0 Å². The minimum absolute atomic E-state index is 0.0155. The second-order valence-electron chi connectivity index (χ2n) is 12.4. The van der Waals surface area contributed by atoms with Crippen LogP contribution < -0.4 is 27.2 Å². The number of thiophene rings is 2. The standard InChI is InChI=1S/C23H20N2O5S.C19H16N2O4S/c1-24-21-18(14-19(31-21)22(27)30-15-16-8-4-2-5-9-16)20(26)25(23(24)28)12-13-29-17-10-6-3-7-11-17;1-3-4-10-21-16(22)14-11-15(26-17(14)20(2)19(21)24)18(23)25-12-13-8-6-5-7-9-13/h2-11,14H,12-13,15H2,1H3;5-9,11H,10,12H2,1-2H3. The number of esters is 2. The predicted molar refractivity (Wildman–Crippen MR) is 219 cm³/mol. The van der Waals surface area contributed by atoms with Gasteiger partial charge in [-0.1, -0.05) is 84.8 Å². The van der Waals surface area contributed by atoms with E-state index < -0.39 is 34.4 Å². The zero-order valence-corrected chi connectivity index (χ0v) is 32.8. The second kappa shape index (κ2) is 18.2. The molecule has 57 heavy (non-hydrogen) atoms. The highest BCUT2D eigenvalue weighted by Gasteiger charge is 2.20. The highest BCUT2D eigenvalue weighted by atomic mass is 32.1. The van der Waals surface area contributed by atoms with Crippen LogP contribution in [0.15, 0.2) is 122 Å². The molecule has 0 aliphatic heterocycles. The number of benzene rings is 3. The van der Waals surface area contributed by atoms with Gasteiger partial charge in [-0.2, -0.15) is 0 Å². The van der Waals surface area contributed by atoms with Gasteiger partial charge in [0.25, 0.3) is 11.1 Å². The van der Waals surface area contributed by atoms with Gasteiger partial charge in [0.2, 0.25) is 0 Å². The predicted octanol–water partition coefficient (Wildman–Crippen LogP) is 5.34. The molecular weight excluding hydrogens is 769 g/mol. The number of rotatable bonds is 11. The molecule has 3 aromatic carbocycles. The summed E-state index contributed by atoms with van der Waals surface area (Å²) in [5.74, 6) is 4.98. The Bertz CT molecular complexity index is 2860. The van der Waals surface area contributed by atoms with E-state index in [1.807, 2.05) is 78.9 Å². The largest absolute Gasteiger partial charge is 0.492 e. The van der Waals surface area contributed by atoms with E-state index in [2.05, 4.69) is 11.8 Å². The first-order valence-electron chi connectivity index (χ1n) is 17.5. The fraction of sp³-hybridized carbons (Fsp3) is 0.190. The molecule has 0 aliphatic carbocycles. The van der Waals surface area contributed by atoms with Crippen molar-refractivity contribution < 1.29 is 23.8 Å². The summed E-state index contributed by atoms with van der Waals surface area (Å²) < 4.78 is 21.2. The minimum Gasteiger partial charge on any atom is -0.492 e. The smallest absolute Gasteiger partial charge is 0.348 e. The van der Waals surface area contributed by atoms with E-state index in [1.54, 1.807) is 33.2 Å². The quantitative estimate of drug-likeness (QED) is 0.125. The summed E-state index contributed by atoms with van der Waals surface area (Å²) in [5, 5.41) is 0.611. The Labute approximate surface area is 333 Å². The van der Waals surface area contributed by atoms with Gasteiger partial charge in [-0.3, -0.25) is 23.3 Å². The van der Waals surface area contributed by atoms with Crippen molar-refractivity contribution in [3.63, 3.8) is 0 Å². The van der Waals surface area contributed by atoms with Gasteiger partial charge in [0, 0.05) is 14.1 Å². The van der Waals surface area contributed by atoms with E-state index in [0.29, 0.717) is 26.2 Å². The zero-order valence-electron chi connectivity index (χ0n) is 31.1. The molecule has 0 amide bonds. The van der Waals surface area contributed by atoms with Crippen LogP contribution in [0.4, 0.5) is 0 Å². The van der Waals surface area contributed by atoms with Gasteiger partial charge < -0.3 is 14.2 Å². The van der Waals surface area contributed by atoms with Crippen molar-refractivity contribution in [2.45, 2.75) is 33.2 Å². The third-order valence-corrected chi connectivity index (χ3v) is 11.0. The molecule has 0 fully saturated rings. The molecule has 290 valence electrons. The highest BCUT2D eigenvalue weighted by molar-refractivity contribution is 7.20. The topological polar surface area (TPSA) is 150 Å². The number of carbonyl (C=O) groups excluding carboxylic acids is 2. The van der Waals surface area contributed by atoms with Gasteiger partial charge >= 0.3 is 23.3 Å². The molecule has 0 bridgehead atoms. The normalized spacial score (nSPS) is 10.6. The van der Waals surface area contributed by atoms with E-state index in [4.69, 9.17) is 14.2 Å². The van der Waals surface area contributed by atoms with Crippen LogP contribution in [0.5, 0.6) is 5.75 Å². The second-order valence-corrected chi connectivity index (χ2v) is 14.5.